The van der Waals surface area contributed by atoms with Crippen LogP contribution in [0.2, 0.25) is 0 Å². The number of nitrogens with zero attached hydrogens (tertiary/aromatic N) is 4. The molecule has 5 aromatic rings. The van der Waals surface area contributed by atoms with Crippen LogP contribution in [0.15, 0.2) is 108 Å². The molecular weight excluding hydrogens is 1250 g/mol. The summed E-state index contributed by atoms with van der Waals surface area (Å²) in [6.07, 6.45) is 5.34. The van der Waals surface area contributed by atoms with Crippen molar-refractivity contribution in [2.24, 2.45) is 11.8 Å². The summed E-state index contributed by atoms with van der Waals surface area (Å²) in [6, 6.07) is 15.9. The zero-order valence-electron chi connectivity index (χ0n) is 53.0. The van der Waals surface area contributed by atoms with Crippen molar-refractivity contribution in [1.29, 1.82) is 0 Å². The fourth-order valence-corrected chi connectivity index (χ4v) is 13.2. The number of amides is 5. The van der Waals surface area contributed by atoms with Crippen LogP contribution in [0.3, 0.4) is 0 Å². The van der Waals surface area contributed by atoms with E-state index in [-0.39, 0.29) is 77.8 Å². The Kier molecular flexibility index (Phi) is 23.5. The van der Waals surface area contributed by atoms with Crippen LogP contribution in [0.4, 0.5) is 22.1 Å². The number of nitrogens with one attached hydrogen (secondary N) is 6. The zero-order valence-corrected chi connectivity index (χ0v) is 54.6. The van der Waals surface area contributed by atoms with Crippen molar-refractivity contribution in [3.63, 3.8) is 0 Å². The highest BCUT2D eigenvalue weighted by Crippen LogP contribution is 2.49. The number of ether oxygens (including phenoxy) is 4. The molecule has 0 spiro atoms. The van der Waals surface area contributed by atoms with Gasteiger partial charge in [-0.2, -0.15) is 4.98 Å². The third-order valence-electron chi connectivity index (χ3n) is 16.2. The lowest BCUT2D eigenvalue weighted by molar-refractivity contribution is -0.157. The molecule has 3 aromatic carbocycles. The smallest absolute Gasteiger partial charge is 0.409 e. The van der Waals surface area contributed by atoms with Gasteiger partial charge in [-0.05, 0) is 92.8 Å². The van der Waals surface area contributed by atoms with E-state index in [2.05, 4.69) is 46.5 Å². The van der Waals surface area contributed by atoms with Gasteiger partial charge in [-0.3, -0.25) is 39.1 Å². The molecule has 3 aliphatic rings. The van der Waals surface area contributed by atoms with Gasteiger partial charge < -0.3 is 66.2 Å². The van der Waals surface area contributed by atoms with Gasteiger partial charge in [-0.25, -0.2) is 24.4 Å². The average Bonchev–Trinajstić information content (AvgIpc) is 1.57. The molecule has 11 N–H and O–H groups in total. The highest BCUT2D eigenvalue weighted by Gasteiger charge is 2.64. The van der Waals surface area contributed by atoms with E-state index >= 15 is 0 Å². The molecule has 4 bridgehead atoms. The number of methoxy groups -OCH3 is 1. The summed E-state index contributed by atoms with van der Waals surface area (Å²) in [5.74, 6) is -6.58. The minimum atomic E-state index is -1.84. The molecule has 10 atom stereocenters. The number of epoxide rings is 1. The molecular formula is C65H77N11O16S2. The lowest BCUT2D eigenvalue weighted by Gasteiger charge is -2.42. The van der Waals surface area contributed by atoms with Crippen molar-refractivity contribution in [1.82, 2.24) is 41.2 Å². The fourth-order valence-electron chi connectivity index (χ4n) is 10.7. The molecule has 1 unspecified atom stereocenters. The zero-order chi connectivity index (χ0) is 68.2. The van der Waals surface area contributed by atoms with Gasteiger partial charge in [0.25, 0.3) is 17.4 Å². The van der Waals surface area contributed by atoms with Crippen molar-refractivity contribution in [3.8, 4) is 0 Å². The highest BCUT2D eigenvalue weighted by molar-refractivity contribution is 8.76. The molecule has 0 radical (unpaired) electrons. The van der Waals surface area contributed by atoms with E-state index in [0.29, 0.717) is 34.6 Å². The number of carbonyl (C=O) groups is 8. The number of benzene rings is 3. The van der Waals surface area contributed by atoms with Gasteiger partial charge in [-0.15, -0.1) is 0 Å². The molecule has 2 fully saturated rings. The van der Waals surface area contributed by atoms with Crippen molar-refractivity contribution in [2.45, 2.75) is 133 Å². The molecule has 94 heavy (non-hydrogen) atoms. The number of fused-ring (bicyclic) bond motifs is 6. The summed E-state index contributed by atoms with van der Waals surface area (Å²) in [5.41, 5.74) is 7.45. The summed E-state index contributed by atoms with van der Waals surface area (Å²) in [4.78, 5) is 133. The molecule has 0 saturated carbocycles. The van der Waals surface area contributed by atoms with Crippen LogP contribution >= 0.6 is 21.6 Å². The van der Waals surface area contributed by atoms with Crippen molar-refractivity contribution in [3.05, 3.63) is 147 Å². The lowest BCUT2D eigenvalue weighted by atomic mass is 9.83. The Balaban J connectivity index is 0.823. The number of aromatic nitrogens is 4. The Morgan fingerprint density at radius 2 is 1.65 bits per heavy atom. The van der Waals surface area contributed by atoms with Crippen LogP contribution in [0, 0.1) is 11.8 Å². The molecule has 2 saturated heterocycles. The minimum Gasteiger partial charge on any atom is -0.480 e. The Morgan fingerprint density at radius 3 is 2.34 bits per heavy atom. The number of aliphatic carboxylic acids is 2. The first-order valence-electron chi connectivity index (χ1n) is 30.2. The van der Waals surface area contributed by atoms with E-state index in [0.717, 1.165) is 16.7 Å². The Morgan fingerprint density at radius 1 is 0.947 bits per heavy atom. The van der Waals surface area contributed by atoms with E-state index in [1.807, 2.05) is 45.0 Å². The SMILES string of the molecule is CO[C@@H]1/C=C/C=C(\C)Cc2ccc(/C=C/CNC(=O)c3ccc(C(C)SSC[C@H](NC(=O)CC[C@H](NC(=O)c4ccc(NCc5cnc6nc(N)[nH]c(=O)c6n5)cc4)C(=O)O)C(=O)O)cc3)c(c2)N(C)C(=O)C[C@H](OC(=O)C(C)C)[C@]2(C)O[C@H]2[C@H](C)[C@@H]2C[C@@]1(O)NC(=O)O2. The number of hydrogen-bond donors (Lipinski definition) is 10. The molecule has 0 aliphatic carbocycles. The number of allylic oxidation sites excluding steroid dienone is 3. The van der Waals surface area contributed by atoms with Crippen LogP contribution in [-0.4, -0.2) is 157 Å². The van der Waals surface area contributed by atoms with Gasteiger partial charge in [0.1, 0.15) is 36.0 Å². The monoisotopic (exact) mass is 1330 g/mol. The van der Waals surface area contributed by atoms with Crippen molar-refractivity contribution in [2.75, 3.05) is 42.4 Å². The van der Waals surface area contributed by atoms with Gasteiger partial charge in [0.15, 0.2) is 16.9 Å². The standard InChI is InChI=1S/C65H77N11O16S2/c1-34(2)61(86)91-50-29-52(78)76(7)47-28-38(27-35(3)11-9-13-49(89-8)65(88)30-48(90-63(87)75-65)36(4)54-64(50,6)92-54)14-15-40(47)12-10-26-67-56(79)41-18-16-39(17-19-41)37(5)94-93-33-46(60(84)85)71-51(77)25-24-45(59(82)83)72-57(80)42-20-22-43(23-21-42)68-31-44-32-69-55-53(70-44)58(81)74-62(66)73-55/h9-23,28,32,34,36-37,45-46,48-50,54,68,88H,24-27,29-31,33H2,1-8H3,(H,67,79)(H,71,77)(H,72,80)(H,75,87)(H,82,83)(H,84,85)(H3,66,69,73,74,81)/b12-10+,13-9+,35-11+/t36-,37?,45+,46+,48+,49-,50+,54+,64+,65+/m1/s1. The van der Waals surface area contributed by atoms with Gasteiger partial charge in [0, 0.05) is 67.3 Å². The Bertz CT molecular complexity index is 3810. The number of carbonyl (C=O) groups excluding carboxylic acids is 6. The molecule has 500 valence electrons. The number of anilines is 3. The second kappa shape index (κ2) is 31.2. The van der Waals surface area contributed by atoms with E-state index in [9.17, 15) is 58.5 Å². The number of carboxylic acid groups (broad SMARTS) is 2. The van der Waals surface area contributed by atoms with Crippen LogP contribution in [0.5, 0.6) is 0 Å². The molecule has 5 amide bonds. The molecule has 8 rings (SSSR count). The van der Waals surface area contributed by atoms with E-state index in [4.69, 9.17) is 24.7 Å². The number of nitrogen functional groups attached to an aromatic ring is 1. The van der Waals surface area contributed by atoms with Crippen molar-refractivity contribution < 1.29 is 72.6 Å². The molecule has 3 aliphatic heterocycles. The number of carboxylic acids is 2. The average molecular weight is 1330 g/mol. The molecule has 2 aromatic heterocycles. The molecule has 27 nitrogen and oxygen atoms in total. The first kappa shape index (κ1) is 70.7. The van der Waals surface area contributed by atoms with Crippen LogP contribution in [0.1, 0.15) is 116 Å². The quantitative estimate of drug-likeness (QED) is 0.0203. The third-order valence-corrected chi connectivity index (χ3v) is 19.1. The van der Waals surface area contributed by atoms with Gasteiger partial charge in [0.05, 0.1) is 42.6 Å². The second-order valence-electron chi connectivity index (χ2n) is 23.7. The second-order valence-corrected chi connectivity index (χ2v) is 26.4. The third kappa shape index (κ3) is 18.2. The van der Waals surface area contributed by atoms with E-state index in [1.165, 1.54) is 51.9 Å². The van der Waals surface area contributed by atoms with Gasteiger partial charge >= 0.3 is 24.0 Å². The number of esters is 1. The lowest BCUT2D eigenvalue weighted by Crippen LogP contribution is -2.63. The maximum Gasteiger partial charge on any atom is 0.409 e. The van der Waals surface area contributed by atoms with Gasteiger partial charge in [-0.1, -0.05) is 103 Å². The number of nitrogens with two attached hydrogens (primary N) is 1. The number of hydrogen-bond acceptors (Lipinski definition) is 21. The number of rotatable bonds is 23. The van der Waals surface area contributed by atoms with Crippen molar-refractivity contribution >= 4 is 104 Å². The first-order chi connectivity index (χ1) is 44.6. The highest BCUT2D eigenvalue weighted by atomic mass is 33.1. The predicted molar refractivity (Wildman–Crippen MR) is 352 cm³/mol. The largest absolute Gasteiger partial charge is 0.480 e. The Labute approximate surface area is 549 Å². The topological polar surface area (TPSA) is 398 Å². The molecule has 29 heteroatoms. The predicted octanol–water partition coefficient (Wildman–Crippen LogP) is 6.00. The number of H-pyrrole nitrogens is 1. The van der Waals surface area contributed by atoms with E-state index < -0.39 is 107 Å². The van der Waals surface area contributed by atoms with Crippen LogP contribution in [-0.2, 0) is 55.9 Å². The number of alkyl carbamates (subject to hydrolysis) is 1. The van der Waals surface area contributed by atoms with E-state index in [1.54, 1.807) is 88.5 Å². The maximum absolute atomic E-state index is 14.5. The van der Waals surface area contributed by atoms with Crippen LogP contribution in [0.25, 0.3) is 17.2 Å². The first-order valence-corrected chi connectivity index (χ1v) is 32.6. The number of aromatic amines is 1. The number of aliphatic hydroxyl groups is 1. The molecule has 5 heterocycles. The summed E-state index contributed by atoms with van der Waals surface area (Å²) < 4.78 is 23.7. The summed E-state index contributed by atoms with van der Waals surface area (Å²) in [5, 5.41) is 44.8. The Hall–Kier alpha value is -9.16. The summed E-state index contributed by atoms with van der Waals surface area (Å²) >= 11 is 0. The fraction of sp³-hybridized carbons (Fsp3) is 0.415. The minimum absolute atomic E-state index is 0.0135. The normalized spacial score (nSPS) is 23.3. The van der Waals surface area contributed by atoms with Gasteiger partial charge in [0.2, 0.25) is 17.8 Å². The summed E-state index contributed by atoms with van der Waals surface area (Å²) in [6.45, 7) is 11.0. The van der Waals surface area contributed by atoms with Crippen LogP contribution < -0.4 is 42.8 Å². The summed E-state index contributed by atoms with van der Waals surface area (Å²) in [7, 11) is 5.61. The maximum atomic E-state index is 14.5.